The second-order valence-corrected chi connectivity index (χ2v) is 5.36. The molecule has 1 aromatic heterocycles. The molecular formula is C18H25ClN2O3. The standard InChI is InChI=1S/C18H24N2O3.ClH/c1-2-3-10-22-16-6-4-14(5-7-16)8-9-20-18(21)15-11-17(12-19)23-13-15;/h4-7,11,13H,2-3,8-10,12,19H2,1H3,(H,20,21);1H. The lowest BCUT2D eigenvalue weighted by molar-refractivity contribution is 0.0953. The van der Waals surface area contributed by atoms with E-state index in [0.29, 0.717) is 24.4 Å². The number of nitrogens with one attached hydrogen (secondary N) is 1. The Balaban J connectivity index is 0.00000288. The van der Waals surface area contributed by atoms with Crippen molar-refractivity contribution in [1.29, 1.82) is 0 Å². The molecule has 0 fully saturated rings. The van der Waals surface area contributed by atoms with Crippen LogP contribution in [0.4, 0.5) is 0 Å². The van der Waals surface area contributed by atoms with Gasteiger partial charge in [0.05, 0.1) is 18.7 Å². The molecule has 5 nitrogen and oxygen atoms in total. The van der Waals surface area contributed by atoms with E-state index in [1.54, 1.807) is 6.07 Å². The van der Waals surface area contributed by atoms with Crippen LogP contribution in [0.25, 0.3) is 0 Å². The highest BCUT2D eigenvalue weighted by atomic mass is 35.5. The monoisotopic (exact) mass is 352 g/mol. The smallest absolute Gasteiger partial charge is 0.254 e. The molecule has 0 spiro atoms. The summed E-state index contributed by atoms with van der Waals surface area (Å²) in [6, 6.07) is 9.65. The van der Waals surface area contributed by atoms with Gasteiger partial charge in [0.15, 0.2) is 0 Å². The van der Waals surface area contributed by atoms with Crippen molar-refractivity contribution in [2.75, 3.05) is 13.2 Å². The number of carbonyl (C=O) groups is 1. The van der Waals surface area contributed by atoms with Crippen LogP contribution in [0.1, 0.15) is 41.4 Å². The first kappa shape index (κ1) is 20.1. The Morgan fingerprint density at radius 1 is 1.29 bits per heavy atom. The van der Waals surface area contributed by atoms with Crippen molar-refractivity contribution in [2.24, 2.45) is 5.73 Å². The average molecular weight is 353 g/mol. The van der Waals surface area contributed by atoms with Crippen LogP contribution in [0.2, 0.25) is 0 Å². The summed E-state index contributed by atoms with van der Waals surface area (Å²) >= 11 is 0. The van der Waals surface area contributed by atoms with Gasteiger partial charge in [-0.1, -0.05) is 25.5 Å². The molecule has 1 heterocycles. The summed E-state index contributed by atoms with van der Waals surface area (Å²) in [7, 11) is 0. The van der Waals surface area contributed by atoms with Gasteiger partial charge in [-0.2, -0.15) is 0 Å². The lowest BCUT2D eigenvalue weighted by Crippen LogP contribution is -2.25. The zero-order valence-corrected chi connectivity index (χ0v) is 14.7. The number of rotatable bonds is 9. The summed E-state index contributed by atoms with van der Waals surface area (Å²) in [6.45, 7) is 3.75. The summed E-state index contributed by atoms with van der Waals surface area (Å²) < 4.78 is 10.8. The highest BCUT2D eigenvalue weighted by molar-refractivity contribution is 5.93. The molecule has 0 atom stereocenters. The summed E-state index contributed by atoms with van der Waals surface area (Å²) in [6.07, 6.45) is 4.39. The number of nitrogens with two attached hydrogens (primary N) is 1. The molecule has 0 saturated heterocycles. The van der Waals surface area contributed by atoms with Crippen LogP contribution in [-0.2, 0) is 13.0 Å². The lowest BCUT2D eigenvalue weighted by atomic mass is 10.1. The van der Waals surface area contributed by atoms with E-state index < -0.39 is 0 Å². The van der Waals surface area contributed by atoms with Crippen molar-refractivity contribution in [3.8, 4) is 5.75 Å². The summed E-state index contributed by atoms with van der Waals surface area (Å²) in [5, 5.41) is 2.87. The van der Waals surface area contributed by atoms with Gasteiger partial charge in [0.2, 0.25) is 0 Å². The predicted octanol–water partition coefficient (Wildman–Crippen LogP) is 3.31. The van der Waals surface area contributed by atoms with Gasteiger partial charge < -0.3 is 20.2 Å². The van der Waals surface area contributed by atoms with Crippen LogP contribution in [0, 0.1) is 0 Å². The third-order valence-electron chi connectivity index (χ3n) is 3.51. The van der Waals surface area contributed by atoms with Crippen LogP contribution in [-0.4, -0.2) is 19.1 Å². The Morgan fingerprint density at radius 2 is 2.04 bits per heavy atom. The summed E-state index contributed by atoms with van der Waals surface area (Å²) in [4.78, 5) is 11.9. The molecule has 24 heavy (non-hydrogen) atoms. The maximum Gasteiger partial charge on any atom is 0.254 e. The van der Waals surface area contributed by atoms with E-state index in [1.165, 1.54) is 6.26 Å². The normalized spacial score (nSPS) is 10.1. The van der Waals surface area contributed by atoms with E-state index in [4.69, 9.17) is 14.9 Å². The van der Waals surface area contributed by atoms with Gasteiger partial charge in [-0.15, -0.1) is 12.4 Å². The van der Waals surface area contributed by atoms with Crippen molar-refractivity contribution < 1.29 is 13.9 Å². The van der Waals surface area contributed by atoms with Crippen LogP contribution in [0.5, 0.6) is 5.75 Å². The van der Waals surface area contributed by atoms with Crippen molar-refractivity contribution in [3.63, 3.8) is 0 Å². The van der Waals surface area contributed by atoms with E-state index in [1.807, 2.05) is 24.3 Å². The predicted molar refractivity (Wildman–Crippen MR) is 96.7 cm³/mol. The van der Waals surface area contributed by atoms with Crippen molar-refractivity contribution in [2.45, 2.75) is 32.7 Å². The number of furan rings is 1. The number of hydrogen-bond donors (Lipinski definition) is 2. The molecule has 2 rings (SSSR count). The van der Waals surface area contributed by atoms with Gasteiger partial charge >= 0.3 is 0 Å². The van der Waals surface area contributed by atoms with Crippen molar-refractivity contribution >= 4 is 18.3 Å². The Bertz CT molecular complexity index is 611. The second kappa shape index (κ2) is 10.7. The van der Waals surface area contributed by atoms with Crippen molar-refractivity contribution in [3.05, 3.63) is 53.5 Å². The molecule has 2 aromatic rings. The number of benzene rings is 1. The van der Waals surface area contributed by atoms with Crippen LogP contribution in [0.3, 0.4) is 0 Å². The van der Waals surface area contributed by atoms with Crippen LogP contribution in [0.15, 0.2) is 41.0 Å². The molecule has 3 N–H and O–H groups in total. The first-order valence-corrected chi connectivity index (χ1v) is 8.00. The molecule has 0 unspecified atom stereocenters. The van der Waals surface area contributed by atoms with E-state index >= 15 is 0 Å². The van der Waals surface area contributed by atoms with Gasteiger partial charge in [0.25, 0.3) is 5.91 Å². The van der Waals surface area contributed by atoms with E-state index in [9.17, 15) is 4.79 Å². The Kier molecular flexibility index (Phi) is 8.97. The Labute approximate surface area is 149 Å². The van der Waals surface area contributed by atoms with E-state index in [0.717, 1.165) is 37.2 Å². The quantitative estimate of drug-likeness (QED) is 0.679. The van der Waals surface area contributed by atoms with Gasteiger partial charge in [-0.3, -0.25) is 4.79 Å². The first-order chi connectivity index (χ1) is 11.2. The number of hydrogen-bond acceptors (Lipinski definition) is 4. The van der Waals surface area contributed by atoms with Gasteiger partial charge in [0.1, 0.15) is 17.8 Å². The second-order valence-electron chi connectivity index (χ2n) is 5.36. The third-order valence-corrected chi connectivity index (χ3v) is 3.51. The van der Waals surface area contributed by atoms with E-state index in [2.05, 4.69) is 12.2 Å². The number of halogens is 1. The molecule has 0 aliphatic carbocycles. The SMILES string of the molecule is CCCCOc1ccc(CCNC(=O)c2coc(CN)c2)cc1.Cl. The lowest BCUT2D eigenvalue weighted by Gasteiger charge is -2.07. The third kappa shape index (κ3) is 6.26. The zero-order valence-electron chi connectivity index (χ0n) is 13.9. The number of carbonyl (C=O) groups excluding carboxylic acids is 1. The van der Waals surface area contributed by atoms with Gasteiger partial charge in [-0.25, -0.2) is 0 Å². The topological polar surface area (TPSA) is 77.5 Å². The fourth-order valence-electron chi connectivity index (χ4n) is 2.12. The largest absolute Gasteiger partial charge is 0.494 e. The molecule has 6 heteroatoms. The highest BCUT2D eigenvalue weighted by Gasteiger charge is 2.08. The van der Waals surface area contributed by atoms with Gasteiger partial charge in [-0.05, 0) is 36.6 Å². The maximum atomic E-state index is 11.9. The minimum Gasteiger partial charge on any atom is -0.494 e. The zero-order chi connectivity index (χ0) is 16.5. The minimum atomic E-state index is -0.145. The molecule has 1 amide bonds. The molecule has 132 valence electrons. The number of amides is 1. The van der Waals surface area contributed by atoms with Crippen LogP contribution >= 0.6 is 12.4 Å². The molecule has 1 aromatic carbocycles. The molecule has 0 aliphatic rings. The van der Waals surface area contributed by atoms with Crippen molar-refractivity contribution in [1.82, 2.24) is 5.32 Å². The number of ether oxygens (including phenoxy) is 1. The summed E-state index contributed by atoms with van der Waals surface area (Å²) in [5.41, 5.74) is 7.11. The fourth-order valence-corrected chi connectivity index (χ4v) is 2.12. The minimum absolute atomic E-state index is 0. The Morgan fingerprint density at radius 3 is 2.67 bits per heavy atom. The molecular weight excluding hydrogens is 328 g/mol. The maximum absolute atomic E-state index is 11.9. The van der Waals surface area contributed by atoms with E-state index in [-0.39, 0.29) is 18.3 Å². The molecule has 0 saturated carbocycles. The molecule has 0 bridgehead atoms. The average Bonchev–Trinajstić information content (AvgIpc) is 3.06. The highest BCUT2D eigenvalue weighted by Crippen LogP contribution is 2.13. The molecule has 0 aliphatic heterocycles. The fraction of sp³-hybridized carbons (Fsp3) is 0.389. The van der Waals surface area contributed by atoms with Crippen LogP contribution < -0.4 is 15.8 Å². The first-order valence-electron chi connectivity index (χ1n) is 8.00. The summed E-state index contributed by atoms with van der Waals surface area (Å²) in [5.74, 6) is 1.35. The Hall–Kier alpha value is -1.98. The number of unbranched alkanes of at least 4 members (excludes halogenated alkanes) is 1. The molecule has 0 radical (unpaired) electrons. The van der Waals surface area contributed by atoms with Gasteiger partial charge in [0, 0.05) is 6.54 Å².